The van der Waals surface area contributed by atoms with Crippen LogP contribution in [0, 0.1) is 0 Å². The number of carboxylic acids is 1. The standard InChI is InChI=1S/C56H99NO8/c1-6-8-10-12-14-16-18-20-21-22-23-24-25-26-27-28-29-30-31-32-33-35-37-39-41-43-45-47-54(59)65-52(51-64-56(55(60)61)62-49-48-57(3,4)5)50-63-53(58)46-44-42-40-38-36-34-19-17-15-13-11-9-7-2/h8,10,14,16,20-21,23-24,26-27,52,56H,6-7,9,11-13,15,17-19,22,25,28-51H2,1-5H3/p+1/b10-8-,16-14-,21-20-,24-23-,27-26-. The van der Waals surface area contributed by atoms with Crippen molar-refractivity contribution in [2.24, 2.45) is 0 Å². The molecule has 0 aromatic heterocycles. The van der Waals surface area contributed by atoms with E-state index in [9.17, 15) is 19.5 Å². The Morgan fingerprint density at radius 1 is 0.477 bits per heavy atom. The van der Waals surface area contributed by atoms with Crippen LogP contribution in [-0.4, -0.2) is 87.4 Å². The number of hydrogen-bond acceptors (Lipinski definition) is 7. The van der Waals surface area contributed by atoms with Gasteiger partial charge < -0.3 is 28.5 Å². The number of esters is 2. The summed E-state index contributed by atoms with van der Waals surface area (Å²) in [6.07, 6.45) is 55.7. The molecule has 0 amide bonds. The van der Waals surface area contributed by atoms with E-state index in [4.69, 9.17) is 18.9 Å². The molecule has 0 spiro atoms. The van der Waals surface area contributed by atoms with Gasteiger partial charge in [0.25, 0.3) is 6.29 Å². The zero-order chi connectivity index (χ0) is 47.7. The minimum atomic E-state index is -1.51. The van der Waals surface area contributed by atoms with Crippen LogP contribution in [0.4, 0.5) is 0 Å². The highest BCUT2D eigenvalue weighted by molar-refractivity contribution is 5.71. The second-order valence-electron chi connectivity index (χ2n) is 18.8. The van der Waals surface area contributed by atoms with Crippen molar-refractivity contribution in [1.29, 1.82) is 0 Å². The third-order valence-electron chi connectivity index (χ3n) is 11.3. The van der Waals surface area contributed by atoms with E-state index in [-0.39, 0.29) is 32.2 Å². The quantitative estimate of drug-likeness (QED) is 0.0211. The maximum atomic E-state index is 12.8. The number of carbonyl (C=O) groups excluding carboxylic acids is 2. The normalized spacial score (nSPS) is 13.3. The van der Waals surface area contributed by atoms with Crippen LogP contribution in [-0.2, 0) is 33.3 Å². The lowest BCUT2D eigenvalue weighted by atomic mass is 10.0. The van der Waals surface area contributed by atoms with Crippen molar-refractivity contribution in [2.75, 3.05) is 47.5 Å². The number of carbonyl (C=O) groups is 3. The molecule has 0 bridgehead atoms. The Kier molecular flexibility index (Phi) is 45.3. The summed E-state index contributed by atoms with van der Waals surface area (Å²) in [5, 5.41) is 9.67. The molecular weight excluding hydrogens is 815 g/mol. The molecule has 65 heavy (non-hydrogen) atoms. The lowest BCUT2D eigenvalue weighted by Gasteiger charge is -2.25. The number of unbranched alkanes of at least 4 members (excludes halogenated alkanes) is 23. The fourth-order valence-corrected chi connectivity index (χ4v) is 7.22. The van der Waals surface area contributed by atoms with Crippen molar-refractivity contribution in [3.8, 4) is 0 Å². The average Bonchev–Trinajstić information content (AvgIpc) is 3.27. The van der Waals surface area contributed by atoms with Crippen LogP contribution in [0.15, 0.2) is 60.8 Å². The molecule has 376 valence electrons. The maximum absolute atomic E-state index is 12.8. The highest BCUT2D eigenvalue weighted by Gasteiger charge is 2.25. The number of aliphatic carboxylic acids is 1. The van der Waals surface area contributed by atoms with E-state index in [1.165, 1.54) is 116 Å². The first-order valence-corrected chi connectivity index (χ1v) is 26.5. The summed E-state index contributed by atoms with van der Waals surface area (Å²) in [7, 11) is 5.96. The van der Waals surface area contributed by atoms with Crippen LogP contribution in [0.3, 0.4) is 0 Å². The zero-order valence-electron chi connectivity index (χ0n) is 42.6. The lowest BCUT2D eigenvalue weighted by Crippen LogP contribution is -2.40. The van der Waals surface area contributed by atoms with Gasteiger partial charge in [-0.1, -0.05) is 209 Å². The van der Waals surface area contributed by atoms with Crippen LogP contribution in [0.5, 0.6) is 0 Å². The summed E-state index contributed by atoms with van der Waals surface area (Å²) in [6, 6.07) is 0. The van der Waals surface area contributed by atoms with Crippen molar-refractivity contribution < 1.29 is 42.9 Å². The predicted molar refractivity (Wildman–Crippen MR) is 272 cm³/mol. The fraction of sp³-hybridized carbons (Fsp3) is 0.768. The van der Waals surface area contributed by atoms with Crippen molar-refractivity contribution in [1.82, 2.24) is 0 Å². The van der Waals surface area contributed by atoms with Gasteiger partial charge >= 0.3 is 17.9 Å². The van der Waals surface area contributed by atoms with Gasteiger partial charge in [-0.25, -0.2) is 4.79 Å². The Morgan fingerprint density at radius 2 is 0.877 bits per heavy atom. The first-order valence-electron chi connectivity index (χ1n) is 26.5. The summed E-state index contributed by atoms with van der Waals surface area (Å²) in [5.74, 6) is -2.01. The SMILES string of the molecule is CC/C=C\C/C=C\C/C=C\C/C=C\C/C=C\CCCCCCCCCCCCCC(=O)OC(COC(=O)CCCCCCCCCCCCCCC)COC(OCC[N+](C)(C)C)C(=O)O. The Hall–Kier alpha value is -3.01. The summed E-state index contributed by atoms with van der Waals surface area (Å²) < 4.78 is 22.8. The van der Waals surface area contributed by atoms with E-state index in [1.54, 1.807) is 0 Å². The first kappa shape index (κ1) is 62.0. The largest absolute Gasteiger partial charge is 0.477 e. The molecule has 0 saturated carbocycles. The predicted octanol–water partition coefficient (Wildman–Crippen LogP) is 14.9. The first-order chi connectivity index (χ1) is 31.6. The van der Waals surface area contributed by atoms with Gasteiger partial charge in [-0.05, 0) is 57.8 Å². The number of allylic oxidation sites excluding steroid dienone is 10. The third kappa shape index (κ3) is 48.7. The summed E-state index contributed by atoms with van der Waals surface area (Å²) >= 11 is 0. The molecule has 9 nitrogen and oxygen atoms in total. The number of quaternary nitrogens is 1. The van der Waals surface area contributed by atoms with E-state index < -0.39 is 24.3 Å². The van der Waals surface area contributed by atoms with E-state index >= 15 is 0 Å². The molecule has 0 radical (unpaired) electrons. The Bertz CT molecular complexity index is 1250. The van der Waals surface area contributed by atoms with Crippen LogP contribution in [0.2, 0.25) is 0 Å². The Labute approximate surface area is 399 Å². The number of carboxylic acid groups (broad SMARTS) is 1. The molecular formula is C56H100NO8+. The minimum absolute atomic E-state index is 0.182. The number of likely N-dealkylation sites (N-methyl/N-ethyl adjacent to an activating group) is 1. The van der Waals surface area contributed by atoms with Gasteiger partial charge in [0, 0.05) is 12.8 Å². The van der Waals surface area contributed by atoms with Crippen LogP contribution >= 0.6 is 0 Å². The molecule has 0 fully saturated rings. The highest BCUT2D eigenvalue weighted by Crippen LogP contribution is 2.16. The van der Waals surface area contributed by atoms with Gasteiger partial charge in [-0.3, -0.25) is 9.59 Å². The van der Waals surface area contributed by atoms with Crippen molar-refractivity contribution in [3.05, 3.63) is 60.8 Å². The molecule has 0 saturated heterocycles. The summed E-state index contributed by atoms with van der Waals surface area (Å²) in [4.78, 5) is 37.3. The minimum Gasteiger partial charge on any atom is -0.477 e. The van der Waals surface area contributed by atoms with Gasteiger partial charge in [0.2, 0.25) is 0 Å². The highest BCUT2D eigenvalue weighted by atomic mass is 16.7. The van der Waals surface area contributed by atoms with Gasteiger partial charge in [0.15, 0.2) is 6.10 Å². The van der Waals surface area contributed by atoms with E-state index in [2.05, 4.69) is 74.6 Å². The molecule has 0 aliphatic heterocycles. The smallest absolute Gasteiger partial charge is 0.361 e. The number of hydrogen-bond donors (Lipinski definition) is 1. The zero-order valence-corrected chi connectivity index (χ0v) is 42.6. The Balaban J connectivity index is 4.25. The Morgan fingerprint density at radius 3 is 1.31 bits per heavy atom. The summed E-state index contributed by atoms with van der Waals surface area (Å²) in [5.41, 5.74) is 0. The van der Waals surface area contributed by atoms with Gasteiger partial charge in [0.1, 0.15) is 13.2 Å². The number of nitrogens with zero attached hydrogens (tertiary/aromatic N) is 1. The number of ether oxygens (including phenoxy) is 4. The molecule has 0 aliphatic rings. The lowest BCUT2D eigenvalue weighted by molar-refractivity contribution is -0.870. The van der Waals surface area contributed by atoms with Gasteiger partial charge in [0.05, 0.1) is 34.4 Å². The van der Waals surface area contributed by atoms with Crippen LogP contribution in [0.1, 0.15) is 219 Å². The second kappa shape index (κ2) is 47.5. The van der Waals surface area contributed by atoms with Crippen molar-refractivity contribution in [3.63, 3.8) is 0 Å². The van der Waals surface area contributed by atoms with E-state index in [0.29, 0.717) is 17.4 Å². The molecule has 0 aliphatic carbocycles. The summed E-state index contributed by atoms with van der Waals surface area (Å²) in [6.45, 7) is 4.76. The van der Waals surface area contributed by atoms with E-state index in [1.807, 2.05) is 21.1 Å². The van der Waals surface area contributed by atoms with Crippen LogP contribution < -0.4 is 0 Å². The van der Waals surface area contributed by atoms with Crippen LogP contribution in [0.25, 0.3) is 0 Å². The molecule has 2 unspecified atom stereocenters. The molecule has 0 rings (SSSR count). The monoisotopic (exact) mass is 915 g/mol. The molecule has 9 heteroatoms. The average molecular weight is 915 g/mol. The second-order valence-corrected chi connectivity index (χ2v) is 18.8. The molecule has 0 aromatic rings. The maximum Gasteiger partial charge on any atom is 0.361 e. The molecule has 0 heterocycles. The van der Waals surface area contributed by atoms with Gasteiger partial charge in [-0.2, -0.15) is 0 Å². The fourth-order valence-electron chi connectivity index (χ4n) is 7.22. The molecule has 1 N–H and O–H groups in total. The van der Waals surface area contributed by atoms with E-state index in [0.717, 1.165) is 77.0 Å². The topological polar surface area (TPSA) is 108 Å². The number of rotatable bonds is 48. The van der Waals surface area contributed by atoms with Gasteiger partial charge in [-0.15, -0.1) is 0 Å². The van der Waals surface area contributed by atoms with Crippen molar-refractivity contribution in [2.45, 2.75) is 232 Å². The van der Waals surface area contributed by atoms with Crippen molar-refractivity contribution >= 4 is 17.9 Å². The molecule has 0 aromatic carbocycles. The third-order valence-corrected chi connectivity index (χ3v) is 11.3. The molecule has 2 atom stereocenters.